The molecule has 0 aliphatic heterocycles. The number of carbonyl (C=O) groups excluding carboxylic acids is 1. The number of anilines is 1. The molecule has 1 amide bonds. The summed E-state index contributed by atoms with van der Waals surface area (Å²) in [5.41, 5.74) is 2.41. The number of aromatic hydroxyl groups is 1. The monoisotopic (exact) mass is 284 g/mol. The minimum atomic E-state index is -0.103. The molecule has 0 bridgehead atoms. The Morgan fingerprint density at radius 3 is 2.38 bits per heavy atom. The molecule has 1 unspecified atom stereocenters. The number of carbonyl (C=O) groups is 1. The zero-order chi connectivity index (χ0) is 15.2. The van der Waals surface area contributed by atoms with Crippen LogP contribution in [0.5, 0.6) is 5.75 Å². The molecule has 0 aliphatic carbocycles. The van der Waals surface area contributed by atoms with E-state index < -0.39 is 0 Å². The lowest BCUT2D eigenvalue weighted by Gasteiger charge is -2.20. The van der Waals surface area contributed by atoms with Gasteiger partial charge in [-0.3, -0.25) is 4.79 Å². The fourth-order valence-electron chi connectivity index (χ4n) is 2.25. The smallest absolute Gasteiger partial charge is 0.251 e. The zero-order valence-corrected chi connectivity index (χ0v) is 12.3. The molecule has 0 spiro atoms. The standard InChI is InChI=1S/C17H20N2O2/c1-3-15(14-6-4-5-7-16(14)20)19-13-10-8-12(9-11-13)17(21)18-2/h4-11,15,19-20H,3H2,1-2H3,(H,18,21). The van der Waals surface area contributed by atoms with Crippen LogP contribution in [-0.4, -0.2) is 18.1 Å². The quantitative estimate of drug-likeness (QED) is 0.789. The van der Waals surface area contributed by atoms with Crippen LogP contribution in [0.4, 0.5) is 5.69 Å². The highest BCUT2D eigenvalue weighted by molar-refractivity contribution is 5.94. The fourth-order valence-corrected chi connectivity index (χ4v) is 2.25. The SMILES string of the molecule is CCC(Nc1ccc(C(=O)NC)cc1)c1ccccc1O. The van der Waals surface area contributed by atoms with E-state index in [0.717, 1.165) is 17.7 Å². The van der Waals surface area contributed by atoms with Crippen LogP contribution in [0.2, 0.25) is 0 Å². The first-order chi connectivity index (χ1) is 10.2. The number of phenols is 1. The Kier molecular flexibility index (Phi) is 4.82. The molecule has 4 nitrogen and oxygen atoms in total. The largest absolute Gasteiger partial charge is 0.508 e. The number of phenolic OH excluding ortho intramolecular Hbond substituents is 1. The summed E-state index contributed by atoms with van der Waals surface area (Å²) in [4.78, 5) is 11.5. The molecule has 0 fully saturated rings. The minimum absolute atomic E-state index is 0.0250. The third kappa shape index (κ3) is 3.54. The van der Waals surface area contributed by atoms with Gasteiger partial charge in [0.15, 0.2) is 0 Å². The predicted molar refractivity (Wildman–Crippen MR) is 84.6 cm³/mol. The molecule has 0 radical (unpaired) electrons. The van der Waals surface area contributed by atoms with Gasteiger partial charge in [-0.1, -0.05) is 25.1 Å². The van der Waals surface area contributed by atoms with Crippen LogP contribution >= 0.6 is 0 Å². The Morgan fingerprint density at radius 1 is 1.14 bits per heavy atom. The van der Waals surface area contributed by atoms with Crippen LogP contribution in [0.25, 0.3) is 0 Å². The average Bonchev–Trinajstić information content (AvgIpc) is 2.53. The number of nitrogens with one attached hydrogen (secondary N) is 2. The predicted octanol–water partition coefficient (Wildman–Crippen LogP) is 3.32. The van der Waals surface area contributed by atoms with Gasteiger partial charge in [-0.25, -0.2) is 0 Å². The zero-order valence-electron chi connectivity index (χ0n) is 12.3. The summed E-state index contributed by atoms with van der Waals surface area (Å²) < 4.78 is 0. The van der Waals surface area contributed by atoms with Gasteiger partial charge >= 0.3 is 0 Å². The highest BCUT2D eigenvalue weighted by Crippen LogP contribution is 2.29. The second-order valence-electron chi connectivity index (χ2n) is 4.82. The van der Waals surface area contributed by atoms with Crippen molar-refractivity contribution in [3.63, 3.8) is 0 Å². The van der Waals surface area contributed by atoms with Crippen LogP contribution in [0.15, 0.2) is 48.5 Å². The van der Waals surface area contributed by atoms with E-state index in [0.29, 0.717) is 11.3 Å². The molecule has 2 rings (SSSR count). The molecular weight excluding hydrogens is 264 g/mol. The molecule has 0 aliphatic rings. The molecule has 0 aromatic heterocycles. The van der Waals surface area contributed by atoms with Gasteiger partial charge in [0, 0.05) is 23.9 Å². The number of benzene rings is 2. The summed E-state index contributed by atoms with van der Waals surface area (Å²) >= 11 is 0. The van der Waals surface area contributed by atoms with E-state index in [4.69, 9.17) is 0 Å². The minimum Gasteiger partial charge on any atom is -0.508 e. The highest BCUT2D eigenvalue weighted by Gasteiger charge is 2.13. The van der Waals surface area contributed by atoms with Gasteiger partial charge in [-0.05, 0) is 36.8 Å². The Labute approximate surface area is 124 Å². The van der Waals surface area contributed by atoms with Crippen molar-refractivity contribution in [3.8, 4) is 5.75 Å². The van der Waals surface area contributed by atoms with Gasteiger partial charge in [0.25, 0.3) is 5.91 Å². The van der Waals surface area contributed by atoms with Crippen molar-refractivity contribution in [3.05, 3.63) is 59.7 Å². The third-order valence-corrected chi connectivity index (χ3v) is 3.44. The van der Waals surface area contributed by atoms with Crippen molar-refractivity contribution in [2.45, 2.75) is 19.4 Å². The van der Waals surface area contributed by atoms with Crippen LogP contribution in [0, 0.1) is 0 Å². The Morgan fingerprint density at radius 2 is 1.81 bits per heavy atom. The lowest BCUT2D eigenvalue weighted by atomic mass is 10.0. The average molecular weight is 284 g/mol. The van der Waals surface area contributed by atoms with Crippen molar-refractivity contribution >= 4 is 11.6 Å². The van der Waals surface area contributed by atoms with Gasteiger partial charge in [0.2, 0.25) is 0 Å². The van der Waals surface area contributed by atoms with E-state index in [1.165, 1.54) is 0 Å². The van der Waals surface area contributed by atoms with E-state index in [1.807, 2.05) is 30.3 Å². The molecule has 4 heteroatoms. The van der Waals surface area contributed by atoms with Crippen molar-refractivity contribution in [2.24, 2.45) is 0 Å². The summed E-state index contributed by atoms with van der Waals surface area (Å²) in [6.45, 7) is 2.06. The van der Waals surface area contributed by atoms with Crippen LogP contribution in [-0.2, 0) is 0 Å². The first kappa shape index (κ1) is 14.9. The molecule has 21 heavy (non-hydrogen) atoms. The fraction of sp³-hybridized carbons (Fsp3) is 0.235. The van der Waals surface area contributed by atoms with Crippen molar-refractivity contribution in [2.75, 3.05) is 12.4 Å². The molecule has 0 heterocycles. The highest BCUT2D eigenvalue weighted by atomic mass is 16.3. The second kappa shape index (κ2) is 6.79. The lowest BCUT2D eigenvalue weighted by Crippen LogP contribution is -2.17. The van der Waals surface area contributed by atoms with E-state index in [1.54, 1.807) is 25.2 Å². The van der Waals surface area contributed by atoms with Crippen molar-refractivity contribution in [1.82, 2.24) is 5.32 Å². The molecule has 1 atom stereocenters. The number of hydrogen-bond donors (Lipinski definition) is 3. The summed E-state index contributed by atoms with van der Waals surface area (Å²) in [6.07, 6.45) is 0.842. The van der Waals surface area contributed by atoms with Crippen LogP contribution in [0.3, 0.4) is 0 Å². The third-order valence-electron chi connectivity index (χ3n) is 3.44. The van der Waals surface area contributed by atoms with E-state index in [9.17, 15) is 9.90 Å². The Bertz CT molecular complexity index is 608. The summed E-state index contributed by atoms with van der Waals surface area (Å²) in [7, 11) is 1.61. The number of amides is 1. The molecule has 0 saturated carbocycles. The first-order valence-electron chi connectivity index (χ1n) is 7.02. The topological polar surface area (TPSA) is 61.4 Å². The number of para-hydroxylation sites is 1. The summed E-state index contributed by atoms with van der Waals surface area (Å²) in [6, 6.07) is 14.6. The number of rotatable bonds is 5. The van der Waals surface area contributed by atoms with Gasteiger partial charge in [-0.2, -0.15) is 0 Å². The molecule has 3 N–H and O–H groups in total. The van der Waals surface area contributed by atoms with Crippen molar-refractivity contribution in [1.29, 1.82) is 0 Å². The molecule has 2 aromatic rings. The second-order valence-corrected chi connectivity index (χ2v) is 4.82. The molecular formula is C17H20N2O2. The Hall–Kier alpha value is -2.49. The van der Waals surface area contributed by atoms with Gasteiger partial charge in [-0.15, -0.1) is 0 Å². The lowest BCUT2D eigenvalue weighted by molar-refractivity contribution is 0.0963. The summed E-state index contributed by atoms with van der Waals surface area (Å²) in [5.74, 6) is 0.188. The van der Waals surface area contributed by atoms with Gasteiger partial charge in [0.1, 0.15) is 5.75 Å². The van der Waals surface area contributed by atoms with E-state index in [-0.39, 0.29) is 11.9 Å². The number of hydrogen-bond acceptors (Lipinski definition) is 3. The molecule has 0 saturated heterocycles. The van der Waals surface area contributed by atoms with Gasteiger partial charge < -0.3 is 15.7 Å². The van der Waals surface area contributed by atoms with Crippen LogP contribution in [0.1, 0.15) is 35.3 Å². The van der Waals surface area contributed by atoms with E-state index >= 15 is 0 Å². The maximum absolute atomic E-state index is 11.5. The summed E-state index contributed by atoms with van der Waals surface area (Å²) in [5, 5.41) is 15.9. The van der Waals surface area contributed by atoms with Crippen LogP contribution < -0.4 is 10.6 Å². The van der Waals surface area contributed by atoms with Crippen molar-refractivity contribution < 1.29 is 9.90 Å². The molecule has 2 aromatic carbocycles. The first-order valence-corrected chi connectivity index (χ1v) is 7.02. The Balaban J connectivity index is 2.16. The normalized spacial score (nSPS) is 11.7. The maximum Gasteiger partial charge on any atom is 0.251 e. The maximum atomic E-state index is 11.5. The molecule has 110 valence electrons. The van der Waals surface area contributed by atoms with E-state index in [2.05, 4.69) is 17.6 Å². The van der Waals surface area contributed by atoms with Gasteiger partial charge in [0.05, 0.1) is 6.04 Å².